The van der Waals surface area contributed by atoms with Crippen molar-refractivity contribution in [3.63, 3.8) is 0 Å². The minimum Gasteiger partial charge on any atom is -0.457 e. The van der Waals surface area contributed by atoms with Crippen molar-refractivity contribution in [3.8, 4) is 11.5 Å². The molecule has 4 N–H and O–H groups in total. The quantitative estimate of drug-likeness (QED) is 0.160. The van der Waals surface area contributed by atoms with Crippen LogP contribution < -0.4 is 20.7 Å². The third-order valence-corrected chi connectivity index (χ3v) is 9.05. The molecule has 3 aromatic carbocycles. The summed E-state index contributed by atoms with van der Waals surface area (Å²) < 4.78 is 5.95. The first-order chi connectivity index (χ1) is 22.2. The number of aliphatic hydroxyl groups is 1. The molecule has 4 rings (SSSR count). The van der Waals surface area contributed by atoms with E-state index < -0.39 is 18.2 Å². The molecule has 5 atom stereocenters. The van der Waals surface area contributed by atoms with Crippen molar-refractivity contribution in [3.05, 3.63) is 96.1 Å². The lowest BCUT2D eigenvalue weighted by Crippen LogP contribution is -2.55. The molecular weight excluding hydrogens is 578 g/mol. The second kappa shape index (κ2) is 17.5. The van der Waals surface area contributed by atoms with Gasteiger partial charge in [0.2, 0.25) is 11.8 Å². The van der Waals surface area contributed by atoms with Gasteiger partial charge < -0.3 is 25.8 Å². The van der Waals surface area contributed by atoms with Gasteiger partial charge in [0, 0.05) is 18.5 Å². The minimum atomic E-state index is -0.942. The van der Waals surface area contributed by atoms with Crippen molar-refractivity contribution in [2.24, 2.45) is 11.8 Å². The molecule has 1 saturated carbocycles. The van der Waals surface area contributed by atoms with Crippen molar-refractivity contribution < 1.29 is 24.2 Å². The smallest absolute Gasteiger partial charge is 0.251 e. The third-order valence-electron chi connectivity index (χ3n) is 9.05. The van der Waals surface area contributed by atoms with Crippen molar-refractivity contribution in [2.45, 2.75) is 96.4 Å². The van der Waals surface area contributed by atoms with Gasteiger partial charge in [-0.1, -0.05) is 94.1 Å². The Morgan fingerprint density at radius 2 is 1.50 bits per heavy atom. The highest BCUT2D eigenvalue weighted by Crippen LogP contribution is 2.30. The van der Waals surface area contributed by atoms with Crippen molar-refractivity contribution in [1.82, 2.24) is 16.0 Å². The van der Waals surface area contributed by atoms with Gasteiger partial charge in [-0.2, -0.15) is 0 Å². The van der Waals surface area contributed by atoms with Crippen molar-refractivity contribution in [2.75, 3.05) is 0 Å². The number of para-hydroxylation sites is 1. The summed E-state index contributed by atoms with van der Waals surface area (Å²) in [6, 6.07) is 24.5. The van der Waals surface area contributed by atoms with Crippen LogP contribution in [-0.4, -0.2) is 47.1 Å². The largest absolute Gasteiger partial charge is 0.457 e. The molecule has 246 valence electrons. The number of hydrogen-bond acceptors (Lipinski definition) is 5. The van der Waals surface area contributed by atoms with Crippen LogP contribution in [0.5, 0.6) is 11.5 Å². The molecule has 0 aliphatic heterocycles. The number of amides is 3. The summed E-state index contributed by atoms with van der Waals surface area (Å²) in [7, 11) is 0. The molecule has 3 amide bonds. The molecule has 1 aliphatic carbocycles. The number of carbonyl (C=O) groups excluding carboxylic acids is 3. The van der Waals surface area contributed by atoms with Gasteiger partial charge in [-0.25, -0.2) is 0 Å². The maximum Gasteiger partial charge on any atom is 0.251 e. The molecule has 0 aromatic heterocycles. The Hall–Kier alpha value is -4.17. The molecule has 8 heteroatoms. The van der Waals surface area contributed by atoms with E-state index in [4.69, 9.17) is 4.74 Å². The number of benzene rings is 3. The third kappa shape index (κ3) is 10.4. The first-order valence-electron chi connectivity index (χ1n) is 16.7. The maximum absolute atomic E-state index is 13.6. The Balaban J connectivity index is 1.54. The molecule has 46 heavy (non-hydrogen) atoms. The first-order valence-corrected chi connectivity index (χ1v) is 16.7. The molecule has 3 aromatic rings. The molecule has 1 fully saturated rings. The van der Waals surface area contributed by atoms with Crippen LogP contribution in [0.15, 0.2) is 84.9 Å². The predicted octanol–water partition coefficient (Wildman–Crippen LogP) is 6.19. The standard InChI is InChI=1S/C38H49N3O5/c1-4-26(2)36(39-27(3)42)38(45)40-33(29-17-10-6-11-18-29)25-35(43)34(23-28-15-8-5-9-16-28)41-37(44)30-19-14-22-32(24-30)46-31-20-12-7-13-21-31/h5,7-9,12-16,19-22,24,26,29,33-36,43H,4,6,10-11,17-18,23,25H2,1-3H3,(H,39,42)(H,40,45)(H,41,44)/t26?,33?,34?,35-,36?/m0/s1. The zero-order valence-electron chi connectivity index (χ0n) is 27.3. The summed E-state index contributed by atoms with van der Waals surface area (Å²) in [6.07, 6.45) is 5.69. The number of rotatable bonds is 15. The summed E-state index contributed by atoms with van der Waals surface area (Å²) in [5.74, 6) is 0.551. The summed E-state index contributed by atoms with van der Waals surface area (Å²) in [5.41, 5.74) is 1.40. The zero-order valence-corrected chi connectivity index (χ0v) is 27.3. The average Bonchev–Trinajstić information content (AvgIpc) is 3.07. The monoisotopic (exact) mass is 627 g/mol. The second-order valence-electron chi connectivity index (χ2n) is 12.6. The summed E-state index contributed by atoms with van der Waals surface area (Å²) in [5, 5.41) is 21.0. The number of nitrogens with one attached hydrogen (secondary N) is 3. The molecular formula is C38H49N3O5. The van der Waals surface area contributed by atoms with Crippen molar-refractivity contribution >= 4 is 17.7 Å². The Bertz CT molecular complexity index is 1390. The van der Waals surface area contributed by atoms with E-state index in [1.807, 2.05) is 74.5 Å². The molecule has 8 nitrogen and oxygen atoms in total. The van der Waals surface area contributed by atoms with Crippen LogP contribution in [0, 0.1) is 11.8 Å². The first kappa shape index (κ1) is 34.7. The Morgan fingerprint density at radius 3 is 2.15 bits per heavy atom. The topological polar surface area (TPSA) is 117 Å². The Kier molecular flexibility index (Phi) is 13.2. The Labute approximate surface area is 273 Å². The molecule has 0 radical (unpaired) electrons. The molecule has 1 aliphatic rings. The number of carbonyl (C=O) groups is 3. The second-order valence-corrected chi connectivity index (χ2v) is 12.6. The van der Waals surface area contributed by atoms with Crippen LogP contribution >= 0.6 is 0 Å². The SMILES string of the molecule is CCC(C)C(NC(C)=O)C(=O)NC(C[C@H](O)C(Cc1ccccc1)NC(=O)c1cccc(Oc2ccccc2)c1)C1CCCCC1. The van der Waals surface area contributed by atoms with Gasteiger partial charge in [0.05, 0.1) is 12.1 Å². The highest BCUT2D eigenvalue weighted by atomic mass is 16.5. The van der Waals surface area contributed by atoms with Crippen LogP contribution in [0.1, 0.15) is 81.6 Å². The van der Waals surface area contributed by atoms with E-state index in [1.54, 1.807) is 24.3 Å². The summed E-state index contributed by atoms with van der Waals surface area (Å²) in [4.78, 5) is 39.2. The van der Waals surface area contributed by atoms with Gasteiger partial charge in [0.25, 0.3) is 5.91 Å². The molecule has 4 unspecified atom stereocenters. The van der Waals surface area contributed by atoms with Gasteiger partial charge in [0.15, 0.2) is 0 Å². The number of ether oxygens (including phenoxy) is 1. The normalized spacial score (nSPS) is 16.7. The average molecular weight is 628 g/mol. The maximum atomic E-state index is 13.6. The fraction of sp³-hybridized carbons (Fsp3) is 0.447. The molecule has 0 spiro atoms. The van der Waals surface area contributed by atoms with E-state index in [0.29, 0.717) is 23.5 Å². The van der Waals surface area contributed by atoms with E-state index in [1.165, 1.54) is 6.92 Å². The highest BCUT2D eigenvalue weighted by molar-refractivity contribution is 5.94. The van der Waals surface area contributed by atoms with E-state index in [2.05, 4.69) is 16.0 Å². The molecule has 0 bridgehead atoms. The lowest BCUT2D eigenvalue weighted by Gasteiger charge is -2.36. The highest BCUT2D eigenvalue weighted by Gasteiger charge is 2.34. The fourth-order valence-corrected chi connectivity index (χ4v) is 6.25. The van der Waals surface area contributed by atoms with Crippen LogP contribution in [0.25, 0.3) is 0 Å². The molecule has 0 heterocycles. The lowest BCUT2D eigenvalue weighted by atomic mass is 9.80. The van der Waals surface area contributed by atoms with Gasteiger partial charge in [-0.15, -0.1) is 0 Å². The van der Waals surface area contributed by atoms with Crippen molar-refractivity contribution in [1.29, 1.82) is 0 Å². The van der Waals surface area contributed by atoms with Crippen LogP contribution in [0.2, 0.25) is 0 Å². The number of hydrogen-bond donors (Lipinski definition) is 4. The van der Waals surface area contributed by atoms with E-state index in [9.17, 15) is 19.5 Å². The Morgan fingerprint density at radius 1 is 0.848 bits per heavy atom. The predicted molar refractivity (Wildman–Crippen MR) is 181 cm³/mol. The van der Waals surface area contributed by atoms with E-state index in [-0.39, 0.29) is 42.0 Å². The van der Waals surface area contributed by atoms with E-state index in [0.717, 1.165) is 44.1 Å². The van der Waals surface area contributed by atoms with Gasteiger partial charge in [0.1, 0.15) is 17.5 Å². The lowest BCUT2D eigenvalue weighted by molar-refractivity contribution is -0.130. The van der Waals surface area contributed by atoms with Crippen LogP contribution in [0.3, 0.4) is 0 Å². The molecule has 0 saturated heterocycles. The van der Waals surface area contributed by atoms with Gasteiger partial charge >= 0.3 is 0 Å². The van der Waals surface area contributed by atoms with Crippen LogP contribution in [-0.2, 0) is 16.0 Å². The minimum absolute atomic E-state index is 0.0485. The van der Waals surface area contributed by atoms with E-state index >= 15 is 0 Å². The van der Waals surface area contributed by atoms with Crippen LogP contribution in [0.4, 0.5) is 0 Å². The summed E-state index contributed by atoms with van der Waals surface area (Å²) in [6.45, 7) is 5.37. The fourth-order valence-electron chi connectivity index (χ4n) is 6.25. The number of aliphatic hydroxyl groups excluding tert-OH is 1. The summed E-state index contributed by atoms with van der Waals surface area (Å²) >= 11 is 0. The van der Waals surface area contributed by atoms with Gasteiger partial charge in [-0.3, -0.25) is 14.4 Å². The zero-order chi connectivity index (χ0) is 32.9. The van der Waals surface area contributed by atoms with Gasteiger partial charge in [-0.05, 0) is 73.4 Å².